The van der Waals surface area contributed by atoms with E-state index in [1.807, 2.05) is 47.9 Å². The van der Waals surface area contributed by atoms with Gasteiger partial charge in [0, 0.05) is 12.9 Å². The van der Waals surface area contributed by atoms with Crippen molar-refractivity contribution in [2.24, 2.45) is 5.92 Å². The molecule has 35 heavy (non-hydrogen) atoms. The standard InChI is InChI=1S/C17H15ClO2.C11H13N3O/c18-10-11-1-3-12(4-2-11)13-5-6-14-8-16(17(19)20)9-15(14)7-13;1-8-13-9-5-3-4-6-10(9)14(8)7-11(15)12-2/h1-7,16H,8-10H2,(H,19,20);3-6H,7H2,1-2H3,(H,12,15). The van der Waals surface area contributed by atoms with Gasteiger partial charge in [-0.1, -0.05) is 54.6 Å². The van der Waals surface area contributed by atoms with E-state index in [1.165, 1.54) is 5.56 Å². The smallest absolute Gasteiger partial charge is 0.307 e. The molecule has 180 valence electrons. The first-order chi connectivity index (χ1) is 16.9. The minimum Gasteiger partial charge on any atom is -0.481 e. The average Bonchev–Trinajstić information content (AvgIpc) is 3.45. The number of para-hydroxylation sites is 2. The number of aromatic nitrogens is 2. The molecule has 7 heteroatoms. The number of carbonyl (C=O) groups is 2. The van der Waals surface area contributed by atoms with E-state index < -0.39 is 5.97 Å². The molecule has 0 radical (unpaired) electrons. The van der Waals surface area contributed by atoms with Crippen LogP contribution in [0.2, 0.25) is 0 Å². The number of carboxylic acids is 1. The number of rotatable bonds is 5. The summed E-state index contributed by atoms with van der Waals surface area (Å²) < 4.78 is 1.91. The minimum atomic E-state index is -0.700. The maximum absolute atomic E-state index is 11.3. The third-order valence-corrected chi connectivity index (χ3v) is 6.66. The Morgan fingerprint density at radius 2 is 1.71 bits per heavy atom. The van der Waals surface area contributed by atoms with Gasteiger partial charge in [-0.3, -0.25) is 9.59 Å². The van der Waals surface area contributed by atoms with Crippen LogP contribution in [0.1, 0.15) is 22.5 Å². The van der Waals surface area contributed by atoms with Crippen LogP contribution in [0.3, 0.4) is 0 Å². The van der Waals surface area contributed by atoms with Crippen LogP contribution in [-0.2, 0) is 34.9 Å². The maximum atomic E-state index is 11.3. The van der Waals surface area contributed by atoms with Crippen LogP contribution in [0.15, 0.2) is 66.7 Å². The molecular formula is C28H28ClN3O3. The van der Waals surface area contributed by atoms with Gasteiger partial charge in [-0.15, -0.1) is 11.6 Å². The first-order valence-corrected chi connectivity index (χ1v) is 12.1. The molecule has 1 atom stereocenters. The SMILES string of the molecule is CNC(=O)Cn1c(C)nc2ccccc21.O=C(O)C1Cc2ccc(-c3ccc(CCl)cc3)cc2C1. The number of benzene rings is 3. The summed E-state index contributed by atoms with van der Waals surface area (Å²) in [6.45, 7) is 2.23. The Bertz CT molecular complexity index is 1360. The van der Waals surface area contributed by atoms with Crippen molar-refractivity contribution in [3.05, 3.63) is 89.2 Å². The highest BCUT2D eigenvalue weighted by Gasteiger charge is 2.27. The van der Waals surface area contributed by atoms with Crippen LogP contribution in [-0.4, -0.2) is 33.6 Å². The Kier molecular flexibility index (Phi) is 7.51. The number of carbonyl (C=O) groups excluding carboxylic acids is 1. The Balaban J connectivity index is 0.000000172. The molecule has 1 amide bonds. The molecule has 2 N–H and O–H groups in total. The highest BCUT2D eigenvalue weighted by Crippen LogP contribution is 2.31. The van der Waals surface area contributed by atoms with E-state index in [2.05, 4.69) is 40.6 Å². The molecule has 0 saturated carbocycles. The van der Waals surface area contributed by atoms with Gasteiger partial charge in [0.1, 0.15) is 12.4 Å². The lowest BCUT2D eigenvalue weighted by Gasteiger charge is -2.06. The van der Waals surface area contributed by atoms with E-state index in [0.717, 1.165) is 39.1 Å². The summed E-state index contributed by atoms with van der Waals surface area (Å²) in [6.07, 6.45) is 1.29. The van der Waals surface area contributed by atoms with Gasteiger partial charge < -0.3 is 15.0 Å². The second kappa shape index (κ2) is 10.7. The summed E-state index contributed by atoms with van der Waals surface area (Å²) in [4.78, 5) is 26.8. The summed E-state index contributed by atoms with van der Waals surface area (Å²) in [7, 11) is 1.64. The van der Waals surface area contributed by atoms with E-state index in [4.69, 9.17) is 16.7 Å². The molecule has 0 aliphatic heterocycles. The number of amides is 1. The molecule has 3 aromatic carbocycles. The normalized spacial score (nSPS) is 14.2. The lowest BCUT2D eigenvalue weighted by atomic mass is 10.00. The van der Waals surface area contributed by atoms with Crippen LogP contribution < -0.4 is 5.32 Å². The van der Waals surface area contributed by atoms with Crippen LogP contribution >= 0.6 is 11.6 Å². The fourth-order valence-corrected chi connectivity index (χ4v) is 4.55. The zero-order valence-electron chi connectivity index (χ0n) is 19.8. The number of likely N-dealkylation sites (N-methyl/N-ethyl adjacent to an activating group) is 1. The molecule has 0 spiro atoms. The van der Waals surface area contributed by atoms with Gasteiger partial charge in [-0.25, -0.2) is 4.98 Å². The van der Waals surface area contributed by atoms with Crippen LogP contribution in [0, 0.1) is 12.8 Å². The first kappa shape index (κ1) is 24.5. The zero-order chi connectivity index (χ0) is 24.9. The van der Waals surface area contributed by atoms with Crippen molar-refractivity contribution in [1.82, 2.24) is 14.9 Å². The van der Waals surface area contributed by atoms with Gasteiger partial charge in [0.15, 0.2) is 0 Å². The molecule has 6 nitrogen and oxygen atoms in total. The monoisotopic (exact) mass is 489 g/mol. The molecular weight excluding hydrogens is 462 g/mol. The number of carboxylic acid groups (broad SMARTS) is 1. The largest absolute Gasteiger partial charge is 0.481 e. The Labute approximate surface area is 209 Å². The van der Waals surface area contributed by atoms with E-state index in [9.17, 15) is 9.59 Å². The van der Waals surface area contributed by atoms with Crippen molar-refractivity contribution in [2.45, 2.75) is 32.2 Å². The van der Waals surface area contributed by atoms with Crippen molar-refractivity contribution >= 4 is 34.5 Å². The van der Waals surface area contributed by atoms with E-state index >= 15 is 0 Å². The van der Waals surface area contributed by atoms with Crippen molar-refractivity contribution in [2.75, 3.05) is 7.05 Å². The number of hydrogen-bond acceptors (Lipinski definition) is 3. The molecule has 1 aromatic heterocycles. The van der Waals surface area contributed by atoms with Gasteiger partial charge in [0.2, 0.25) is 5.91 Å². The van der Waals surface area contributed by atoms with E-state index in [0.29, 0.717) is 25.3 Å². The minimum absolute atomic E-state index is 0.0127. The number of fused-ring (bicyclic) bond motifs is 2. The van der Waals surface area contributed by atoms with Crippen LogP contribution in [0.25, 0.3) is 22.2 Å². The summed E-state index contributed by atoms with van der Waals surface area (Å²) in [6, 6.07) is 22.2. The quantitative estimate of drug-likeness (QED) is 0.387. The third-order valence-electron chi connectivity index (χ3n) is 6.36. The molecule has 1 heterocycles. The van der Waals surface area contributed by atoms with Crippen molar-refractivity contribution in [1.29, 1.82) is 0 Å². The first-order valence-electron chi connectivity index (χ1n) is 11.5. The molecule has 0 bridgehead atoms. The van der Waals surface area contributed by atoms with Crippen molar-refractivity contribution < 1.29 is 14.7 Å². The number of aryl methyl sites for hydroxylation is 1. The zero-order valence-corrected chi connectivity index (χ0v) is 20.5. The van der Waals surface area contributed by atoms with Gasteiger partial charge in [-0.2, -0.15) is 0 Å². The van der Waals surface area contributed by atoms with Crippen LogP contribution in [0.5, 0.6) is 0 Å². The highest BCUT2D eigenvalue weighted by atomic mass is 35.5. The van der Waals surface area contributed by atoms with E-state index in [-0.39, 0.29) is 11.8 Å². The lowest BCUT2D eigenvalue weighted by molar-refractivity contribution is -0.141. The van der Waals surface area contributed by atoms with Crippen LogP contribution in [0.4, 0.5) is 0 Å². The molecule has 1 aliphatic carbocycles. The predicted molar refractivity (Wildman–Crippen MR) is 139 cm³/mol. The summed E-state index contributed by atoms with van der Waals surface area (Å²) >= 11 is 5.79. The number of alkyl halides is 1. The number of hydrogen-bond donors (Lipinski definition) is 2. The van der Waals surface area contributed by atoms with Gasteiger partial charge in [0.05, 0.1) is 17.0 Å². The Morgan fingerprint density at radius 3 is 2.40 bits per heavy atom. The lowest BCUT2D eigenvalue weighted by Crippen LogP contribution is -2.23. The number of aliphatic carboxylic acids is 1. The number of halogens is 1. The van der Waals surface area contributed by atoms with E-state index in [1.54, 1.807) is 7.05 Å². The second-order valence-electron chi connectivity index (χ2n) is 8.66. The molecule has 5 rings (SSSR count). The number of nitrogens with zero attached hydrogens (tertiary/aromatic N) is 2. The van der Waals surface area contributed by atoms with Gasteiger partial charge in [0.25, 0.3) is 0 Å². The van der Waals surface area contributed by atoms with Gasteiger partial charge in [-0.05, 0) is 59.7 Å². The van der Waals surface area contributed by atoms with Crippen molar-refractivity contribution in [3.8, 4) is 11.1 Å². The molecule has 0 saturated heterocycles. The molecule has 0 fully saturated rings. The number of imidazole rings is 1. The molecule has 4 aromatic rings. The summed E-state index contributed by atoms with van der Waals surface area (Å²) in [5.41, 5.74) is 7.63. The Hall–Kier alpha value is -3.64. The molecule has 1 aliphatic rings. The number of nitrogens with one attached hydrogen (secondary N) is 1. The molecule has 1 unspecified atom stereocenters. The fourth-order valence-electron chi connectivity index (χ4n) is 4.38. The second-order valence-corrected chi connectivity index (χ2v) is 8.93. The maximum Gasteiger partial charge on any atom is 0.307 e. The third kappa shape index (κ3) is 5.54. The summed E-state index contributed by atoms with van der Waals surface area (Å²) in [5, 5.41) is 11.7. The van der Waals surface area contributed by atoms with Gasteiger partial charge >= 0.3 is 5.97 Å². The highest BCUT2D eigenvalue weighted by molar-refractivity contribution is 6.17. The Morgan fingerprint density at radius 1 is 1.03 bits per heavy atom. The topological polar surface area (TPSA) is 84.2 Å². The average molecular weight is 490 g/mol. The predicted octanol–water partition coefficient (Wildman–Crippen LogP) is 4.98. The fraction of sp³-hybridized carbons (Fsp3) is 0.250. The summed E-state index contributed by atoms with van der Waals surface area (Å²) in [5.74, 6) is 0.402. The van der Waals surface area contributed by atoms with Crippen molar-refractivity contribution in [3.63, 3.8) is 0 Å².